The van der Waals surface area contributed by atoms with Gasteiger partial charge in [0.2, 0.25) is 0 Å². The molecule has 0 aliphatic heterocycles. The fourth-order valence-electron chi connectivity index (χ4n) is 5.86. The lowest BCUT2D eigenvalue weighted by molar-refractivity contribution is -0.152. The van der Waals surface area contributed by atoms with Crippen LogP contribution in [0.25, 0.3) is 0 Å². The minimum Gasteiger partial charge on any atom is -0.481 e. The van der Waals surface area contributed by atoms with E-state index < -0.39 is 5.97 Å². The van der Waals surface area contributed by atoms with Gasteiger partial charge in [-0.3, -0.25) is 4.79 Å². The van der Waals surface area contributed by atoms with Crippen LogP contribution in [-0.4, -0.2) is 11.1 Å². The SMILES string of the molecule is CCC(C)C(CCc1ccccc1)(C1CCCC1)C(Cc1ccccc1)C(=O)O. The molecule has 3 atom stereocenters. The molecule has 1 fully saturated rings. The number of carbonyl (C=O) groups is 1. The summed E-state index contributed by atoms with van der Waals surface area (Å²) in [5.74, 6) is -0.0640. The number of carboxylic acid groups (broad SMARTS) is 1. The second kappa shape index (κ2) is 10.1. The van der Waals surface area contributed by atoms with Crippen molar-refractivity contribution in [1.29, 1.82) is 0 Å². The fourth-order valence-corrected chi connectivity index (χ4v) is 5.86. The lowest BCUT2D eigenvalue weighted by Crippen LogP contribution is -2.47. The number of aliphatic carboxylic acids is 1. The minimum atomic E-state index is -0.617. The smallest absolute Gasteiger partial charge is 0.307 e. The Hall–Kier alpha value is -2.09. The van der Waals surface area contributed by atoms with Crippen LogP contribution in [0.2, 0.25) is 0 Å². The maximum atomic E-state index is 12.7. The summed E-state index contributed by atoms with van der Waals surface area (Å²) in [7, 11) is 0. The molecule has 0 spiro atoms. The van der Waals surface area contributed by atoms with Crippen LogP contribution in [0.1, 0.15) is 63.5 Å². The van der Waals surface area contributed by atoms with Gasteiger partial charge in [0.1, 0.15) is 0 Å². The zero-order valence-corrected chi connectivity index (χ0v) is 18.0. The highest BCUT2D eigenvalue weighted by atomic mass is 16.4. The Morgan fingerprint density at radius 2 is 1.55 bits per heavy atom. The van der Waals surface area contributed by atoms with Gasteiger partial charge in [-0.05, 0) is 60.5 Å². The maximum Gasteiger partial charge on any atom is 0.307 e. The van der Waals surface area contributed by atoms with Crippen molar-refractivity contribution in [3.05, 3.63) is 71.8 Å². The van der Waals surface area contributed by atoms with E-state index in [0.29, 0.717) is 18.3 Å². The molecule has 1 aliphatic carbocycles. The average Bonchev–Trinajstić information content (AvgIpc) is 3.29. The summed E-state index contributed by atoms with van der Waals surface area (Å²) in [6, 6.07) is 20.8. The Balaban J connectivity index is 2.00. The van der Waals surface area contributed by atoms with Gasteiger partial charge < -0.3 is 5.11 Å². The molecule has 0 aromatic heterocycles. The van der Waals surface area contributed by atoms with Crippen LogP contribution in [-0.2, 0) is 17.6 Å². The van der Waals surface area contributed by atoms with Crippen LogP contribution in [0, 0.1) is 23.2 Å². The zero-order valence-electron chi connectivity index (χ0n) is 18.0. The van der Waals surface area contributed by atoms with E-state index in [1.807, 2.05) is 18.2 Å². The fraction of sp³-hybridized carbons (Fsp3) is 0.519. The number of hydrogen-bond donors (Lipinski definition) is 1. The van der Waals surface area contributed by atoms with E-state index in [-0.39, 0.29) is 11.3 Å². The Morgan fingerprint density at radius 3 is 2.07 bits per heavy atom. The predicted molar refractivity (Wildman–Crippen MR) is 120 cm³/mol. The van der Waals surface area contributed by atoms with Gasteiger partial charge in [0.15, 0.2) is 0 Å². The van der Waals surface area contributed by atoms with Crippen LogP contribution in [0.5, 0.6) is 0 Å². The van der Waals surface area contributed by atoms with Gasteiger partial charge in [-0.2, -0.15) is 0 Å². The number of benzene rings is 2. The molecule has 2 aromatic rings. The highest BCUT2D eigenvalue weighted by Crippen LogP contribution is 2.54. The Bertz CT molecular complexity index is 749. The first-order valence-corrected chi connectivity index (χ1v) is 11.4. The van der Waals surface area contributed by atoms with Crippen LogP contribution < -0.4 is 0 Å². The van der Waals surface area contributed by atoms with Gasteiger partial charge in [0, 0.05) is 0 Å². The van der Waals surface area contributed by atoms with Crippen LogP contribution in [0.15, 0.2) is 60.7 Å². The summed E-state index contributed by atoms with van der Waals surface area (Å²) in [4.78, 5) is 12.7. The molecule has 156 valence electrons. The third-order valence-corrected chi connectivity index (χ3v) is 7.56. The van der Waals surface area contributed by atoms with E-state index in [2.05, 4.69) is 56.3 Å². The molecule has 3 unspecified atom stereocenters. The van der Waals surface area contributed by atoms with Crippen molar-refractivity contribution in [2.45, 2.75) is 65.2 Å². The second-order valence-corrected chi connectivity index (χ2v) is 8.97. The number of aryl methyl sites for hydroxylation is 1. The summed E-state index contributed by atoms with van der Waals surface area (Å²) in [5, 5.41) is 10.5. The van der Waals surface area contributed by atoms with E-state index in [4.69, 9.17) is 0 Å². The van der Waals surface area contributed by atoms with Crippen molar-refractivity contribution in [3.8, 4) is 0 Å². The molecule has 0 bridgehead atoms. The first-order valence-electron chi connectivity index (χ1n) is 11.4. The van der Waals surface area contributed by atoms with Crippen molar-refractivity contribution in [3.63, 3.8) is 0 Å². The van der Waals surface area contributed by atoms with Gasteiger partial charge in [-0.25, -0.2) is 0 Å². The van der Waals surface area contributed by atoms with Gasteiger partial charge in [-0.15, -0.1) is 0 Å². The van der Waals surface area contributed by atoms with Crippen LogP contribution in [0.4, 0.5) is 0 Å². The van der Waals surface area contributed by atoms with Crippen LogP contribution in [0.3, 0.4) is 0 Å². The standard InChI is InChI=1S/C27H36O2/c1-3-21(2)27(24-16-10-11-17-24,19-18-22-12-6-4-7-13-22)25(26(28)29)20-23-14-8-5-9-15-23/h4-9,12-15,21,24-25H,3,10-11,16-20H2,1-2H3,(H,28,29). The molecule has 1 saturated carbocycles. The monoisotopic (exact) mass is 392 g/mol. The highest BCUT2D eigenvalue weighted by molar-refractivity contribution is 5.71. The van der Waals surface area contributed by atoms with Crippen molar-refractivity contribution in [2.75, 3.05) is 0 Å². The largest absolute Gasteiger partial charge is 0.481 e. The van der Waals surface area contributed by atoms with E-state index in [0.717, 1.165) is 24.8 Å². The second-order valence-electron chi connectivity index (χ2n) is 8.97. The summed E-state index contributed by atoms with van der Waals surface area (Å²) in [6.07, 6.45) is 8.42. The summed E-state index contributed by atoms with van der Waals surface area (Å²) >= 11 is 0. The molecule has 2 nitrogen and oxygen atoms in total. The Morgan fingerprint density at radius 1 is 1.00 bits per heavy atom. The molecule has 0 saturated heterocycles. The molecule has 0 radical (unpaired) electrons. The van der Waals surface area contributed by atoms with E-state index in [1.165, 1.54) is 31.2 Å². The maximum absolute atomic E-state index is 12.7. The normalized spacial score (nSPS) is 18.8. The Kier molecular flexibility index (Phi) is 7.52. The lowest BCUT2D eigenvalue weighted by Gasteiger charge is -2.48. The van der Waals surface area contributed by atoms with Crippen molar-refractivity contribution >= 4 is 5.97 Å². The molecule has 3 rings (SSSR count). The molecule has 2 heteroatoms. The molecule has 0 amide bonds. The molecule has 29 heavy (non-hydrogen) atoms. The van der Waals surface area contributed by atoms with Crippen molar-refractivity contribution in [1.82, 2.24) is 0 Å². The van der Waals surface area contributed by atoms with E-state index in [1.54, 1.807) is 0 Å². The summed E-state index contributed by atoms with van der Waals surface area (Å²) < 4.78 is 0. The quantitative estimate of drug-likeness (QED) is 0.483. The molecular formula is C27H36O2. The van der Waals surface area contributed by atoms with Gasteiger partial charge in [-0.1, -0.05) is 93.8 Å². The number of rotatable bonds is 10. The average molecular weight is 393 g/mol. The molecular weight excluding hydrogens is 356 g/mol. The highest BCUT2D eigenvalue weighted by Gasteiger charge is 2.51. The first-order chi connectivity index (χ1) is 14.1. The molecule has 1 aliphatic rings. The third kappa shape index (κ3) is 4.91. The first kappa shape index (κ1) is 21.6. The van der Waals surface area contributed by atoms with Crippen LogP contribution >= 0.6 is 0 Å². The van der Waals surface area contributed by atoms with E-state index in [9.17, 15) is 9.90 Å². The zero-order chi connectivity index (χ0) is 20.7. The van der Waals surface area contributed by atoms with Crippen molar-refractivity contribution < 1.29 is 9.90 Å². The molecule has 0 heterocycles. The third-order valence-electron chi connectivity index (χ3n) is 7.56. The lowest BCUT2D eigenvalue weighted by atomic mass is 9.55. The number of carboxylic acids is 1. The van der Waals surface area contributed by atoms with Gasteiger partial charge >= 0.3 is 5.97 Å². The Labute approximate surface area is 176 Å². The van der Waals surface area contributed by atoms with E-state index >= 15 is 0 Å². The summed E-state index contributed by atoms with van der Waals surface area (Å²) in [6.45, 7) is 4.54. The molecule has 1 N–H and O–H groups in total. The van der Waals surface area contributed by atoms with Crippen molar-refractivity contribution in [2.24, 2.45) is 23.2 Å². The summed E-state index contributed by atoms with van der Waals surface area (Å²) in [5.41, 5.74) is 2.30. The van der Waals surface area contributed by atoms with Gasteiger partial charge in [0.05, 0.1) is 5.92 Å². The predicted octanol–water partition coefficient (Wildman–Crippen LogP) is 6.79. The number of hydrogen-bond acceptors (Lipinski definition) is 1. The van der Waals surface area contributed by atoms with Gasteiger partial charge in [0.25, 0.3) is 0 Å². The topological polar surface area (TPSA) is 37.3 Å². The minimum absolute atomic E-state index is 0.164. The molecule has 2 aromatic carbocycles.